The predicted molar refractivity (Wildman–Crippen MR) is 91.8 cm³/mol. The third kappa shape index (κ3) is 2.69. The Morgan fingerprint density at radius 1 is 1.32 bits per heavy atom. The molecular weight excluding hydrogens is 322 g/mol. The van der Waals surface area contributed by atoms with E-state index in [0.29, 0.717) is 17.2 Å². The Labute approximate surface area is 144 Å². The van der Waals surface area contributed by atoms with E-state index in [1.54, 1.807) is 29.1 Å². The number of ether oxygens (including phenoxy) is 2. The second kappa shape index (κ2) is 5.80. The van der Waals surface area contributed by atoms with Crippen LogP contribution >= 0.6 is 0 Å². The summed E-state index contributed by atoms with van der Waals surface area (Å²) in [6, 6.07) is 5.55. The number of aryl methyl sites for hydroxylation is 1. The molecule has 4 rings (SSSR count). The normalized spacial score (nSPS) is 13.0. The number of rotatable bonds is 4. The van der Waals surface area contributed by atoms with Gasteiger partial charge in [0.05, 0.1) is 11.9 Å². The minimum Gasteiger partial charge on any atom is -0.454 e. The van der Waals surface area contributed by atoms with E-state index in [9.17, 15) is 4.79 Å². The number of benzene rings is 1. The Morgan fingerprint density at radius 2 is 2.12 bits per heavy atom. The smallest absolute Gasteiger partial charge is 0.246 e. The summed E-state index contributed by atoms with van der Waals surface area (Å²) >= 11 is 0. The first-order valence-corrected chi connectivity index (χ1v) is 8.13. The molecule has 1 aliphatic heterocycles. The van der Waals surface area contributed by atoms with E-state index in [0.717, 1.165) is 16.7 Å². The Bertz CT molecular complexity index is 957. The van der Waals surface area contributed by atoms with Crippen molar-refractivity contribution >= 4 is 22.6 Å². The van der Waals surface area contributed by atoms with E-state index in [-0.39, 0.29) is 25.3 Å². The van der Waals surface area contributed by atoms with Crippen molar-refractivity contribution in [3.8, 4) is 11.5 Å². The number of carbonyl (C=O) groups excluding carboxylic acids is 1. The van der Waals surface area contributed by atoms with Crippen LogP contribution in [0.1, 0.15) is 25.6 Å². The summed E-state index contributed by atoms with van der Waals surface area (Å²) in [6.07, 6.45) is 1.75. The maximum Gasteiger partial charge on any atom is 0.246 e. The molecule has 1 N–H and O–H groups in total. The van der Waals surface area contributed by atoms with Gasteiger partial charge in [0.15, 0.2) is 11.5 Å². The van der Waals surface area contributed by atoms with Crippen molar-refractivity contribution in [2.75, 3.05) is 12.1 Å². The first-order chi connectivity index (χ1) is 12.0. The molecule has 8 nitrogen and oxygen atoms in total. The van der Waals surface area contributed by atoms with Crippen LogP contribution in [0.2, 0.25) is 0 Å². The molecule has 0 atom stereocenters. The highest BCUT2D eigenvalue weighted by molar-refractivity contribution is 5.92. The molecule has 3 aromatic rings. The zero-order valence-corrected chi connectivity index (χ0v) is 14.3. The van der Waals surface area contributed by atoms with Gasteiger partial charge in [0.2, 0.25) is 12.7 Å². The Balaban J connectivity index is 1.54. The summed E-state index contributed by atoms with van der Waals surface area (Å²) in [5.41, 5.74) is 3.34. The summed E-state index contributed by atoms with van der Waals surface area (Å²) in [4.78, 5) is 12.4. The molecule has 8 heteroatoms. The van der Waals surface area contributed by atoms with Crippen LogP contribution in [0.15, 0.2) is 24.4 Å². The van der Waals surface area contributed by atoms with Gasteiger partial charge in [0.25, 0.3) is 0 Å². The van der Waals surface area contributed by atoms with E-state index < -0.39 is 0 Å². The molecule has 130 valence electrons. The van der Waals surface area contributed by atoms with Crippen molar-refractivity contribution in [3.05, 3.63) is 30.1 Å². The van der Waals surface area contributed by atoms with E-state index in [2.05, 4.69) is 29.4 Å². The third-order valence-electron chi connectivity index (χ3n) is 4.11. The van der Waals surface area contributed by atoms with Crippen molar-refractivity contribution in [2.24, 2.45) is 0 Å². The van der Waals surface area contributed by atoms with Gasteiger partial charge in [0, 0.05) is 17.8 Å². The molecule has 0 spiro atoms. The summed E-state index contributed by atoms with van der Waals surface area (Å²) in [5, 5.41) is 11.7. The summed E-state index contributed by atoms with van der Waals surface area (Å²) < 4.78 is 14.2. The number of amides is 1. The number of fused-ring (bicyclic) bond motifs is 2. The fourth-order valence-electron chi connectivity index (χ4n) is 3.00. The average molecular weight is 341 g/mol. The first kappa shape index (κ1) is 15.5. The summed E-state index contributed by atoms with van der Waals surface area (Å²) in [7, 11) is 0. The molecular formula is C17H19N5O3. The summed E-state index contributed by atoms with van der Waals surface area (Å²) in [5.74, 6) is 1.15. The number of nitrogens with one attached hydrogen (secondary N) is 1. The van der Waals surface area contributed by atoms with Crippen molar-refractivity contribution in [2.45, 2.75) is 33.4 Å². The van der Waals surface area contributed by atoms with Crippen LogP contribution in [-0.2, 0) is 11.3 Å². The van der Waals surface area contributed by atoms with Crippen LogP contribution in [0.25, 0.3) is 11.0 Å². The van der Waals surface area contributed by atoms with Crippen LogP contribution in [0.3, 0.4) is 0 Å². The van der Waals surface area contributed by atoms with Crippen LogP contribution in [-0.4, -0.2) is 32.3 Å². The molecule has 0 saturated carbocycles. The lowest BCUT2D eigenvalue weighted by molar-refractivity contribution is -0.116. The molecule has 0 unspecified atom stereocenters. The molecule has 1 amide bonds. The molecule has 3 heterocycles. The van der Waals surface area contributed by atoms with Crippen molar-refractivity contribution in [1.82, 2.24) is 19.6 Å². The van der Waals surface area contributed by atoms with E-state index in [1.807, 2.05) is 11.6 Å². The van der Waals surface area contributed by atoms with Gasteiger partial charge in [-0.15, -0.1) is 0 Å². The van der Waals surface area contributed by atoms with Crippen molar-refractivity contribution in [3.63, 3.8) is 0 Å². The standard InChI is InChI=1S/C17H19N5O3/c1-10(2)22-13-7-18-21(17(13)11(3)20-22)8-16(23)19-12-4-5-14-15(6-12)25-9-24-14/h4-7,10H,8-9H2,1-3H3,(H,19,23). The van der Waals surface area contributed by atoms with Crippen LogP contribution in [0.4, 0.5) is 5.69 Å². The van der Waals surface area contributed by atoms with Gasteiger partial charge in [-0.25, -0.2) is 0 Å². The van der Waals surface area contributed by atoms with Crippen LogP contribution in [0.5, 0.6) is 11.5 Å². The van der Waals surface area contributed by atoms with Gasteiger partial charge >= 0.3 is 0 Å². The lowest BCUT2D eigenvalue weighted by atomic mass is 10.3. The average Bonchev–Trinajstić information content (AvgIpc) is 3.24. The molecule has 0 bridgehead atoms. The zero-order valence-electron chi connectivity index (χ0n) is 14.3. The quantitative estimate of drug-likeness (QED) is 0.788. The van der Waals surface area contributed by atoms with Crippen molar-refractivity contribution < 1.29 is 14.3 Å². The number of anilines is 1. The topological polar surface area (TPSA) is 83.2 Å². The van der Waals surface area contributed by atoms with E-state index in [1.165, 1.54) is 0 Å². The first-order valence-electron chi connectivity index (χ1n) is 8.13. The van der Waals surface area contributed by atoms with Gasteiger partial charge in [0.1, 0.15) is 17.6 Å². The second-order valence-corrected chi connectivity index (χ2v) is 6.28. The van der Waals surface area contributed by atoms with Gasteiger partial charge in [-0.1, -0.05) is 0 Å². The minimum absolute atomic E-state index is 0.114. The Morgan fingerprint density at radius 3 is 2.92 bits per heavy atom. The predicted octanol–water partition coefficient (Wildman–Crippen LogP) is 2.49. The highest BCUT2D eigenvalue weighted by Crippen LogP contribution is 2.34. The molecule has 0 radical (unpaired) electrons. The lowest BCUT2D eigenvalue weighted by Crippen LogP contribution is -2.19. The molecule has 0 fully saturated rings. The Kier molecular flexibility index (Phi) is 3.60. The van der Waals surface area contributed by atoms with Crippen LogP contribution in [0, 0.1) is 6.92 Å². The number of carbonyl (C=O) groups is 1. The second-order valence-electron chi connectivity index (χ2n) is 6.28. The minimum atomic E-state index is -0.166. The van der Waals surface area contributed by atoms with Gasteiger partial charge in [-0.05, 0) is 32.9 Å². The fourth-order valence-corrected chi connectivity index (χ4v) is 3.00. The highest BCUT2D eigenvalue weighted by Gasteiger charge is 2.18. The van der Waals surface area contributed by atoms with Gasteiger partial charge in [-0.2, -0.15) is 10.2 Å². The molecule has 0 aliphatic carbocycles. The number of hydrogen-bond acceptors (Lipinski definition) is 5. The number of nitrogens with zero attached hydrogens (tertiary/aromatic N) is 4. The molecule has 2 aromatic heterocycles. The monoisotopic (exact) mass is 341 g/mol. The zero-order chi connectivity index (χ0) is 17.6. The van der Waals surface area contributed by atoms with Gasteiger partial charge < -0.3 is 14.8 Å². The SMILES string of the molecule is Cc1nn(C(C)C)c2cnn(CC(=O)Nc3ccc4c(c3)OCO4)c12. The lowest BCUT2D eigenvalue weighted by Gasteiger charge is -2.07. The molecule has 25 heavy (non-hydrogen) atoms. The number of hydrogen-bond donors (Lipinski definition) is 1. The molecule has 0 saturated heterocycles. The van der Waals surface area contributed by atoms with Gasteiger partial charge in [-0.3, -0.25) is 14.2 Å². The maximum absolute atomic E-state index is 12.4. The van der Waals surface area contributed by atoms with Crippen LogP contribution < -0.4 is 14.8 Å². The van der Waals surface area contributed by atoms with E-state index in [4.69, 9.17) is 9.47 Å². The largest absolute Gasteiger partial charge is 0.454 e. The molecule has 1 aromatic carbocycles. The molecule has 1 aliphatic rings. The fraction of sp³-hybridized carbons (Fsp3) is 0.353. The highest BCUT2D eigenvalue weighted by atomic mass is 16.7. The van der Waals surface area contributed by atoms with E-state index >= 15 is 0 Å². The van der Waals surface area contributed by atoms with Crippen molar-refractivity contribution in [1.29, 1.82) is 0 Å². The summed E-state index contributed by atoms with van der Waals surface area (Å²) in [6.45, 7) is 6.37. The third-order valence-corrected chi connectivity index (χ3v) is 4.11. The number of aromatic nitrogens is 4. The maximum atomic E-state index is 12.4. The Hall–Kier alpha value is -3.03.